The van der Waals surface area contributed by atoms with E-state index in [0.29, 0.717) is 17.3 Å². The molecule has 1 atom stereocenters. The molecule has 2 aromatic rings. The second kappa shape index (κ2) is 10.8. The van der Waals surface area contributed by atoms with Crippen molar-refractivity contribution in [1.82, 2.24) is 15.1 Å². The molecule has 0 aromatic heterocycles. The molecule has 2 aromatic carbocycles. The highest BCUT2D eigenvalue weighted by atomic mass is 35.5. The van der Waals surface area contributed by atoms with Crippen LogP contribution in [0.1, 0.15) is 17.2 Å². The summed E-state index contributed by atoms with van der Waals surface area (Å²) in [6.45, 7) is 5.97. The molecular weight excluding hydrogens is 426 g/mol. The van der Waals surface area contributed by atoms with E-state index in [4.69, 9.17) is 11.6 Å². The number of carbonyl (C=O) groups is 2. The summed E-state index contributed by atoms with van der Waals surface area (Å²) in [4.78, 5) is 31.6. The van der Waals surface area contributed by atoms with Crippen LogP contribution in [-0.2, 0) is 9.59 Å². The average molecular weight is 458 g/mol. The van der Waals surface area contributed by atoms with Gasteiger partial charge < -0.3 is 20.4 Å². The molecule has 32 heavy (non-hydrogen) atoms. The van der Waals surface area contributed by atoms with Gasteiger partial charge in [-0.15, -0.1) is 0 Å². The lowest BCUT2D eigenvalue weighted by molar-refractivity contribution is -0.136. The second-order valence-electron chi connectivity index (χ2n) is 8.47. The van der Waals surface area contributed by atoms with E-state index in [1.165, 1.54) is 0 Å². The van der Waals surface area contributed by atoms with Crippen LogP contribution in [0.2, 0.25) is 5.02 Å². The Hall–Kier alpha value is -2.61. The number of amides is 2. The van der Waals surface area contributed by atoms with Crippen molar-refractivity contribution in [3.63, 3.8) is 0 Å². The summed E-state index contributed by atoms with van der Waals surface area (Å²) in [5.74, 6) is -1.37. The minimum absolute atomic E-state index is 0.00881. The molecule has 172 valence electrons. The molecule has 2 amide bonds. The average Bonchev–Trinajstić information content (AvgIpc) is 2.77. The summed E-state index contributed by atoms with van der Waals surface area (Å²) in [5.41, 5.74) is 3.64. The summed E-state index contributed by atoms with van der Waals surface area (Å²) in [6.07, 6.45) is 0. The summed E-state index contributed by atoms with van der Waals surface area (Å²) in [6, 6.07) is 13.5. The van der Waals surface area contributed by atoms with E-state index < -0.39 is 11.8 Å². The molecule has 2 N–H and O–H groups in total. The minimum atomic E-state index is -0.704. The fourth-order valence-electron chi connectivity index (χ4n) is 3.71. The highest BCUT2D eigenvalue weighted by molar-refractivity contribution is 6.39. The van der Waals surface area contributed by atoms with Crippen molar-refractivity contribution in [2.24, 2.45) is 0 Å². The van der Waals surface area contributed by atoms with Gasteiger partial charge in [0.2, 0.25) is 0 Å². The zero-order valence-corrected chi connectivity index (χ0v) is 19.9. The summed E-state index contributed by atoms with van der Waals surface area (Å²) in [7, 11) is 6.13. The number of rotatable bonds is 6. The Morgan fingerprint density at radius 2 is 1.69 bits per heavy atom. The highest BCUT2D eigenvalue weighted by Crippen LogP contribution is 2.24. The lowest BCUT2D eigenvalue weighted by atomic mass is 10.0. The van der Waals surface area contributed by atoms with Crippen LogP contribution in [0.15, 0.2) is 42.5 Å². The van der Waals surface area contributed by atoms with Crippen molar-refractivity contribution >= 4 is 34.8 Å². The van der Waals surface area contributed by atoms with Gasteiger partial charge in [0, 0.05) is 63.2 Å². The number of benzene rings is 2. The van der Waals surface area contributed by atoms with Crippen LogP contribution < -0.4 is 15.5 Å². The third-order valence-electron chi connectivity index (χ3n) is 5.86. The maximum atomic E-state index is 12.5. The first-order chi connectivity index (χ1) is 15.2. The number of hydrogen-bond donors (Lipinski definition) is 2. The maximum Gasteiger partial charge on any atom is 0.313 e. The number of piperazine rings is 1. The molecular formula is C24H32ClN5O2. The summed E-state index contributed by atoms with van der Waals surface area (Å²) >= 11 is 6.11. The van der Waals surface area contributed by atoms with Crippen molar-refractivity contribution in [2.75, 3.05) is 64.1 Å². The molecule has 1 saturated heterocycles. The lowest BCUT2D eigenvalue weighted by Crippen LogP contribution is -2.49. The van der Waals surface area contributed by atoms with Gasteiger partial charge in [-0.25, -0.2) is 0 Å². The number of halogens is 1. The Morgan fingerprint density at radius 1 is 1.03 bits per heavy atom. The van der Waals surface area contributed by atoms with Gasteiger partial charge in [0.05, 0.1) is 6.04 Å². The Labute approximate surface area is 195 Å². The van der Waals surface area contributed by atoms with E-state index in [9.17, 15) is 9.59 Å². The van der Waals surface area contributed by atoms with E-state index in [0.717, 1.165) is 43.0 Å². The van der Waals surface area contributed by atoms with Crippen molar-refractivity contribution in [1.29, 1.82) is 0 Å². The molecule has 0 bridgehead atoms. The van der Waals surface area contributed by atoms with E-state index in [1.54, 1.807) is 18.2 Å². The van der Waals surface area contributed by atoms with Gasteiger partial charge in [0.1, 0.15) is 0 Å². The van der Waals surface area contributed by atoms with Gasteiger partial charge in [0.15, 0.2) is 0 Å². The number of anilines is 2. The van der Waals surface area contributed by atoms with Crippen LogP contribution in [0.4, 0.5) is 11.4 Å². The molecule has 1 heterocycles. The zero-order chi connectivity index (χ0) is 23.3. The molecule has 0 aliphatic carbocycles. The third-order valence-corrected chi connectivity index (χ3v) is 6.27. The third kappa shape index (κ3) is 6.22. The van der Waals surface area contributed by atoms with Crippen LogP contribution in [0.3, 0.4) is 0 Å². The van der Waals surface area contributed by atoms with Crippen LogP contribution >= 0.6 is 11.6 Å². The fraction of sp³-hybridized carbons (Fsp3) is 0.417. The smallest absolute Gasteiger partial charge is 0.313 e. The van der Waals surface area contributed by atoms with Gasteiger partial charge in [-0.3, -0.25) is 14.5 Å². The molecule has 8 heteroatoms. The van der Waals surface area contributed by atoms with Gasteiger partial charge in [-0.2, -0.15) is 0 Å². The van der Waals surface area contributed by atoms with Crippen molar-refractivity contribution in [3.8, 4) is 0 Å². The first-order valence-corrected chi connectivity index (χ1v) is 11.2. The van der Waals surface area contributed by atoms with Gasteiger partial charge >= 0.3 is 11.8 Å². The molecule has 1 aliphatic heterocycles. The molecule has 0 radical (unpaired) electrons. The molecule has 0 spiro atoms. The predicted molar refractivity (Wildman–Crippen MR) is 130 cm³/mol. The Kier molecular flexibility index (Phi) is 8.12. The monoisotopic (exact) mass is 457 g/mol. The highest BCUT2D eigenvalue weighted by Gasteiger charge is 2.25. The van der Waals surface area contributed by atoms with Crippen molar-refractivity contribution in [2.45, 2.75) is 13.0 Å². The molecule has 1 unspecified atom stereocenters. The Bertz CT molecular complexity index is 940. The summed E-state index contributed by atoms with van der Waals surface area (Å²) in [5, 5.41) is 5.98. The largest absolute Gasteiger partial charge is 0.378 e. The number of aryl methyl sites for hydroxylation is 1. The van der Waals surface area contributed by atoms with E-state index >= 15 is 0 Å². The van der Waals surface area contributed by atoms with Gasteiger partial charge in [-0.1, -0.05) is 29.8 Å². The lowest BCUT2D eigenvalue weighted by Gasteiger charge is -2.38. The van der Waals surface area contributed by atoms with Gasteiger partial charge in [-0.05, 0) is 49.4 Å². The molecule has 1 fully saturated rings. The van der Waals surface area contributed by atoms with Crippen LogP contribution in [0, 0.1) is 6.92 Å². The maximum absolute atomic E-state index is 12.5. The van der Waals surface area contributed by atoms with E-state index in [-0.39, 0.29) is 6.04 Å². The molecule has 1 aliphatic rings. The van der Waals surface area contributed by atoms with Crippen LogP contribution in [0.25, 0.3) is 0 Å². The van der Waals surface area contributed by atoms with Crippen molar-refractivity contribution in [3.05, 3.63) is 58.6 Å². The summed E-state index contributed by atoms with van der Waals surface area (Å²) < 4.78 is 0. The second-order valence-corrected chi connectivity index (χ2v) is 8.88. The first kappa shape index (κ1) is 24.0. The first-order valence-electron chi connectivity index (χ1n) is 10.8. The van der Waals surface area contributed by atoms with E-state index in [1.807, 2.05) is 21.0 Å². The zero-order valence-electron chi connectivity index (χ0n) is 19.2. The Balaban J connectivity index is 1.67. The number of likely N-dealkylation sites (N-methyl/N-ethyl adjacent to an activating group) is 1. The van der Waals surface area contributed by atoms with Crippen molar-refractivity contribution < 1.29 is 9.59 Å². The number of nitrogens with one attached hydrogen (secondary N) is 2. The number of hydrogen-bond acceptors (Lipinski definition) is 5. The van der Waals surface area contributed by atoms with E-state index in [2.05, 4.69) is 56.6 Å². The fourth-order valence-corrected chi connectivity index (χ4v) is 3.89. The Morgan fingerprint density at radius 3 is 2.28 bits per heavy atom. The van der Waals surface area contributed by atoms with Crippen LogP contribution in [0.5, 0.6) is 0 Å². The number of carbonyl (C=O) groups excluding carboxylic acids is 2. The standard InChI is InChI=1S/C24H32ClN5O2/c1-17-5-8-19(15-21(17)25)27-24(32)23(31)26-16-22(30-13-11-29(4)12-14-30)18-6-9-20(10-7-18)28(2)3/h5-10,15,22H,11-14,16H2,1-4H3,(H,26,31)(H,27,32). The molecule has 0 saturated carbocycles. The van der Waals surface area contributed by atoms with Gasteiger partial charge in [0.25, 0.3) is 0 Å². The van der Waals surface area contributed by atoms with Crippen LogP contribution in [-0.4, -0.2) is 75.5 Å². The molecule has 7 nitrogen and oxygen atoms in total. The minimum Gasteiger partial charge on any atom is -0.378 e. The topological polar surface area (TPSA) is 67.9 Å². The normalized spacial score (nSPS) is 15.8. The predicted octanol–water partition coefficient (Wildman–Crippen LogP) is 2.76. The SMILES string of the molecule is Cc1ccc(NC(=O)C(=O)NCC(c2ccc(N(C)C)cc2)N2CCN(C)CC2)cc1Cl. The molecule has 3 rings (SSSR count). The quantitative estimate of drug-likeness (QED) is 0.653. The number of nitrogens with zero attached hydrogens (tertiary/aromatic N) is 3.